The number of halogens is 1. The summed E-state index contributed by atoms with van der Waals surface area (Å²) >= 11 is 5.98. The van der Waals surface area contributed by atoms with Gasteiger partial charge in [-0.25, -0.2) is 4.79 Å². The van der Waals surface area contributed by atoms with Crippen molar-refractivity contribution >= 4 is 28.5 Å². The maximum Gasteiger partial charge on any atom is 0.341 e. The Morgan fingerprint density at radius 2 is 1.69 bits per heavy atom. The largest absolute Gasteiger partial charge is 0.480 e. The smallest absolute Gasteiger partial charge is 0.341 e. The molecule has 0 aliphatic carbocycles. The number of carbonyl (C=O) groups is 1. The Bertz CT molecular complexity index is 698. The molecule has 144 valence electrons. The first kappa shape index (κ1) is 22.2. The van der Waals surface area contributed by atoms with Crippen molar-refractivity contribution in [3.8, 4) is 5.75 Å². The van der Waals surface area contributed by atoms with Gasteiger partial charge in [0.1, 0.15) is 11.3 Å². The number of aliphatic carboxylic acids is 1. The lowest BCUT2D eigenvalue weighted by molar-refractivity contribution is -0.139. The third kappa shape index (κ3) is 6.46. The molecular formula is C20H29ClN2O3. The van der Waals surface area contributed by atoms with Crippen LogP contribution in [0.25, 0.3) is 10.9 Å². The highest BCUT2D eigenvalue weighted by Gasteiger charge is 2.15. The molecule has 1 N–H and O–H groups in total. The Hall–Kier alpha value is -1.85. The van der Waals surface area contributed by atoms with Gasteiger partial charge in [-0.15, -0.1) is 0 Å². The van der Waals surface area contributed by atoms with Crippen molar-refractivity contribution in [1.29, 1.82) is 0 Å². The first-order valence-electron chi connectivity index (χ1n) is 8.80. The summed E-state index contributed by atoms with van der Waals surface area (Å²) in [4.78, 5) is 17.0. The molecule has 1 aromatic heterocycles. The van der Waals surface area contributed by atoms with Crippen LogP contribution in [0.5, 0.6) is 5.75 Å². The summed E-state index contributed by atoms with van der Waals surface area (Å²) in [6.07, 6.45) is 1.60. The van der Waals surface area contributed by atoms with E-state index in [9.17, 15) is 4.79 Å². The van der Waals surface area contributed by atoms with Gasteiger partial charge < -0.3 is 9.84 Å². The maximum atomic E-state index is 10.4. The van der Waals surface area contributed by atoms with E-state index in [1.54, 1.807) is 30.5 Å². The summed E-state index contributed by atoms with van der Waals surface area (Å²) < 4.78 is 5.12. The Balaban J connectivity index is 0.000000294. The summed E-state index contributed by atoms with van der Waals surface area (Å²) in [6, 6.07) is 8.83. The minimum absolute atomic E-state index is 0.396. The highest BCUT2D eigenvalue weighted by Crippen LogP contribution is 2.29. The van der Waals surface area contributed by atoms with E-state index in [2.05, 4.69) is 51.4 Å². The Kier molecular flexibility index (Phi) is 8.82. The lowest BCUT2D eigenvalue weighted by Crippen LogP contribution is -2.42. The molecule has 0 unspecified atom stereocenters. The quantitative estimate of drug-likeness (QED) is 0.774. The number of carboxylic acids is 1. The lowest BCUT2D eigenvalue weighted by Gasteiger charge is -2.34. The summed E-state index contributed by atoms with van der Waals surface area (Å²) in [5.74, 6) is -0.610. The van der Waals surface area contributed by atoms with Gasteiger partial charge >= 0.3 is 5.97 Å². The predicted octanol–water partition coefficient (Wildman–Crippen LogP) is 4.87. The molecule has 0 amide bonds. The van der Waals surface area contributed by atoms with E-state index >= 15 is 0 Å². The molecule has 0 spiro atoms. The lowest BCUT2D eigenvalue weighted by atomic mass is 10.2. The highest BCUT2D eigenvalue weighted by molar-refractivity contribution is 6.35. The van der Waals surface area contributed by atoms with Crippen molar-refractivity contribution in [3.05, 3.63) is 35.5 Å². The number of aromatic nitrogens is 1. The normalized spacial score (nSPS) is 11.2. The molecule has 2 rings (SSSR count). The number of carboxylic acid groups (broad SMARTS) is 1. The zero-order valence-electron chi connectivity index (χ0n) is 16.4. The predicted molar refractivity (Wildman–Crippen MR) is 107 cm³/mol. The second kappa shape index (κ2) is 10.3. The van der Waals surface area contributed by atoms with Crippen molar-refractivity contribution in [1.82, 2.24) is 9.88 Å². The molecular weight excluding hydrogens is 352 g/mol. The molecule has 0 aliphatic rings. The van der Waals surface area contributed by atoms with E-state index in [0.29, 0.717) is 34.4 Å². The number of hydrogen-bond acceptors (Lipinski definition) is 4. The first-order chi connectivity index (χ1) is 12.1. The van der Waals surface area contributed by atoms with Crippen molar-refractivity contribution in [2.75, 3.05) is 6.61 Å². The fraction of sp³-hybridized carbons (Fsp3) is 0.500. The van der Waals surface area contributed by atoms with Gasteiger partial charge in [-0.1, -0.05) is 11.6 Å². The van der Waals surface area contributed by atoms with Gasteiger partial charge in [0.05, 0.1) is 5.02 Å². The topological polar surface area (TPSA) is 62.7 Å². The third-order valence-corrected chi connectivity index (χ3v) is 4.15. The fourth-order valence-corrected chi connectivity index (χ4v) is 3.37. The van der Waals surface area contributed by atoms with E-state index < -0.39 is 12.6 Å². The van der Waals surface area contributed by atoms with Gasteiger partial charge in [0.2, 0.25) is 0 Å². The van der Waals surface area contributed by atoms with Crippen LogP contribution in [0.2, 0.25) is 5.02 Å². The van der Waals surface area contributed by atoms with Crippen molar-refractivity contribution in [2.45, 2.75) is 59.7 Å². The standard InChI is InChI=1S/C11H8ClNO3.C9H21N/c12-8-3-4-9(16-6-10(14)15)11-7(8)2-1-5-13-11;1-7(2)10(8(3)4)9(5)6/h1-5H,6H2,(H,14,15);7-9H,1-6H3. The van der Waals surface area contributed by atoms with Crippen molar-refractivity contribution in [3.63, 3.8) is 0 Å². The molecule has 0 radical (unpaired) electrons. The molecule has 6 heteroatoms. The van der Waals surface area contributed by atoms with Crippen LogP contribution in [-0.2, 0) is 4.79 Å². The number of fused-ring (bicyclic) bond motifs is 1. The molecule has 0 atom stereocenters. The van der Waals surface area contributed by atoms with Crippen LogP contribution in [0.15, 0.2) is 30.5 Å². The average molecular weight is 381 g/mol. The van der Waals surface area contributed by atoms with E-state index in [0.717, 1.165) is 5.39 Å². The van der Waals surface area contributed by atoms with Crippen LogP contribution < -0.4 is 4.74 Å². The molecule has 1 aromatic carbocycles. The number of pyridine rings is 1. The monoisotopic (exact) mass is 380 g/mol. The number of benzene rings is 1. The number of nitrogens with zero attached hydrogens (tertiary/aromatic N) is 2. The maximum absolute atomic E-state index is 10.4. The van der Waals surface area contributed by atoms with Crippen LogP contribution in [0.1, 0.15) is 41.5 Å². The summed E-state index contributed by atoms with van der Waals surface area (Å²) in [6.45, 7) is 13.1. The molecule has 0 bridgehead atoms. The zero-order chi connectivity index (χ0) is 19.9. The van der Waals surface area contributed by atoms with Crippen LogP contribution in [0.4, 0.5) is 0 Å². The van der Waals surface area contributed by atoms with Crippen LogP contribution in [-0.4, -0.2) is 45.7 Å². The van der Waals surface area contributed by atoms with Gasteiger partial charge in [0.25, 0.3) is 0 Å². The van der Waals surface area contributed by atoms with E-state index in [1.165, 1.54) is 0 Å². The van der Waals surface area contributed by atoms with Gasteiger partial charge in [-0.3, -0.25) is 9.88 Å². The molecule has 0 saturated heterocycles. The van der Waals surface area contributed by atoms with E-state index in [4.69, 9.17) is 21.4 Å². The average Bonchev–Trinajstić information content (AvgIpc) is 2.54. The zero-order valence-corrected chi connectivity index (χ0v) is 17.1. The Morgan fingerprint density at radius 1 is 1.12 bits per heavy atom. The molecule has 0 saturated carbocycles. The fourth-order valence-electron chi connectivity index (χ4n) is 3.16. The number of ether oxygens (including phenoxy) is 1. The molecule has 1 heterocycles. The van der Waals surface area contributed by atoms with Gasteiger partial charge in [0.15, 0.2) is 6.61 Å². The van der Waals surface area contributed by atoms with Crippen LogP contribution >= 0.6 is 11.6 Å². The van der Waals surface area contributed by atoms with Crippen molar-refractivity contribution in [2.24, 2.45) is 0 Å². The third-order valence-electron chi connectivity index (χ3n) is 3.82. The SMILES string of the molecule is CC(C)N(C(C)C)C(C)C.O=C(O)COc1ccc(Cl)c2cccnc12. The summed E-state index contributed by atoms with van der Waals surface area (Å²) in [5.41, 5.74) is 0.566. The van der Waals surface area contributed by atoms with Gasteiger partial charge in [-0.05, 0) is 65.8 Å². The molecule has 0 fully saturated rings. The highest BCUT2D eigenvalue weighted by atomic mass is 35.5. The number of hydrogen-bond donors (Lipinski definition) is 1. The van der Waals surface area contributed by atoms with Gasteiger partial charge in [0, 0.05) is 29.7 Å². The molecule has 0 aliphatic heterocycles. The molecule has 2 aromatic rings. The summed E-state index contributed by atoms with van der Waals surface area (Å²) in [5, 5.41) is 9.83. The molecule has 26 heavy (non-hydrogen) atoms. The Labute approximate surface area is 160 Å². The van der Waals surface area contributed by atoms with Gasteiger partial charge in [-0.2, -0.15) is 0 Å². The van der Waals surface area contributed by atoms with Crippen LogP contribution in [0, 0.1) is 0 Å². The molecule has 5 nitrogen and oxygen atoms in total. The summed E-state index contributed by atoms with van der Waals surface area (Å²) in [7, 11) is 0. The number of rotatable bonds is 6. The Morgan fingerprint density at radius 3 is 2.15 bits per heavy atom. The van der Waals surface area contributed by atoms with E-state index in [-0.39, 0.29) is 0 Å². The first-order valence-corrected chi connectivity index (χ1v) is 9.18. The minimum Gasteiger partial charge on any atom is -0.480 e. The second-order valence-electron chi connectivity index (χ2n) is 6.86. The second-order valence-corrected chi connectivity index (χ2v) is 7.26. The van der Waals surface area contributed by atoms with Crippen molar-refractivity contribution < 1.29 is 14.6 Å². The minimum atomic E-state index is -1.03. The van der Waals surface area contributed by atoms with Crippen LogP contribution in [0.3, 0.4) is 0 Å². The van der Waals surface area contributed by atoms with E-state index in [1.807, 2.05) is 0 Å².